The summed E-state index contributed by atoms with van der Waals surface area (Å²) in [6.07, 6.45) is 0. The first-order valence-electron chi connectivity index (χ1n) is 7.37. The van der Waals surface area contributed by atoms with E-state index < -0.39 is 0 Å². The average molecular weight is 300 g/mol. The second-order valence-electron chi connectivity index (χ2n) is 4.91. The van der Waals surface area contributed by atoms with Crippen molar-refractivity contribution in [2.24, 2.45) is 4.99 Å². The summed E-state index contributed by atoms with van der Waals surface area (Å²) in [5, 5.41) is 6.35. The lowest BCUT2D eigenvalue weighted by Gasteiger charge is -2.11. The Kier molecular flexibility index (Phi) is 5.89. The highest BCUT2D eigenvalue weighted by Gasteiger charge is 2.02. The maximum atomic E-state index is 13.6. The highest BCUT2D eigenvalue weighted by molar-refractivity contribution is 5.79. The van der Waals surface area contributed by atoms with Crippen LogP contribution in [-0.2, 0) is 13.1 Å². The van der Waals surface area contributed by atoms with Gasteiger partial charge in [0.25, 0.3) is 0 Å². The van der Waals surface area contributed by atoms with E-state index in [0.29, 0.717) is 24.6 Å². The molecule has 0 saturated carbocycles. The van der Waals surface area contributed by atoms with Gasteiger partial charge in [0, 0.05) is 17.8 Å². The van der Waals surface area contributed by atoms with Crippen molar-refractivity contribution < 1.29 is 4.39 Å². The van der Waals surface area contributed by atoms with Crippen molar-refractivity contribution in [3.05, 3.63) is 65.2 Å². The monoisotopic (exact) mass is 300 g/mol. The summed E-state index contributed by atoms with van der Waals surface area (Å²) >= 11 is 0. The molecule has 116 valence electrons. The molecule has 0 fully saturated rings. The molecule has 0 amide bonds. The highest BCUT2D eigenvalue weighted by atomic mass is 19.1. The normalized spacial score (nSPS) is 11.3. The third kappa shape index (κ3) is 4.84. The van der Waals surface area contributed by atoms with Crippen LogP contribution in [0.1, 0.15) is 23.9 Å². The van der Waals surface area contributed by atoms with Crippen LogP contribution in [0.4, 0.5) is 4.39 Å². The van der Waals surface area contributed by atoms with Gasteiger partial charge in [-0.05, 0) is 32.0 Å². The summed E-state index contributed by atoms with van der Waals surface area (Å²) < 4.78 is 13.6. The molecule has 0 unspecified atom stereocenters. The van der Waals surface area contributed by atoms with Crippen LogP contribution in [0.2, 0.25) is 0 Å². The van der Waals surface area contributed by atoms with Gasteiger partial charge in [0.2, 0.25) is 0 Å². The van der Waals surface area contributed by atoms with E-state index in [4.69, 9.17) is 0 Å². The Morgan fingerprint density at radius 2 is 1.95 bits per heavy atom. The highest BCUT2D eigenvalue weighted by Crippen LogP contribution is 2.07. The molecule has 5 heteroatoms. The minimum absolute atomic E-state index is 0.234. The number of aryl methyl sites for hydroxylation is 1. The number of hydrogen-bond donors (Lipinski definition) is 2. The Morgan fingerprint density at radius 1 is 1.14 bits per heavy atom. The standard InChI is InChI=1S/C17H21FN4/c1-3-19-17(20-11-14-8-4-5-10-16(14)18)21-12-15-9-6-7-13(2)22-15/h4-10H,3,11-12H2,1-2H3,(H2,19,20,21). The third-order valence-electron chi connectivity index (χ3n) is 3.09. The van der Waals surface area contributed by atoms with Gasteiger partial charge in [-0.3, -0.25) is 4.98 Å². The van der Waals surface area contributed by atoms with Crippen molar-refractivity contribution in [2.75, 3.05) is 6.54 Å². The predicted molar refractivity (Wildman–Crippen MR) is 87.0 cm³/mol. The maximum Gasteiger partial charge on any atom is 0.191 e. The topological polar surface area (TPSA) is 49.3 Å². The SMILES string of the molecule is CCNC(=NCc1ccccc1F)NCc1cccc(C)n1. The lowest BCUT2D eigenvalue weighted by atomic mass is 10.2. The number of pyridine rings is 1. The minimum Gasteiger partial charge on any atom is -0.357 e. The Hall–Kier alpha value is -2.43. The van der Waals surface area contributed by atoms with E-state index in [1.807, 2.05) is 38.1 Å². The zero-order valence-corrected chi connectivity index (χ0v) is 12.9. The van der Waals surface area contributed by atoms with Crippen molar-refractivity contribution in [3.8, 4) is 0 Å². The van der Waals surface area contributed by atoms with E-state index in [1.54, 1.807) is 12.1 Å². The fraction of sp³-hybridized carbons (Fsp3) is 0.294. The van der Waals surface area contributed by atoms with E-state index in [9.17, 15) is 4.39 Å². The Balaban J connectivity index is 2.00. The Bertz CT molecular complexity index is 640. The van der Waals surface area contributed by atoms with Crippen molar-refractivity contribution in [3.63, 3.8) is 0 Å². The van der Waals surface area contributed by atoms with E-state index in [0.717, 1.165) is 17.9 Å². The van der Waals surface area contributed by atoms with Gasteiger partial charge in [0.1, 0.15) is 5.82 Å². The van der Waals surface area contributed by atoms with Crippen LogP contribution in [-0.4, -0.2) is 17.5 Å². The van der Waals surface area contributed by atoms with Crippen LogP contribution < -0.4 is 10.6 Å². The molecule has 0 saturated heterocycles. The predicted octanol–water partition coefficient (Wildman–Crippen LogP) is 2.78. The summed E-state index contributed by atoms with van der Waals surface area (Å²) in [4.78, 5) is 8.84. The molecule has 0 radical (unpaired) electrons. The van der Waals surface area contributed by atoms with Crippen molar-refractivity contribution in [2.45, 2.75) is 26.9 Å². The zero-order chi connectivity index (χ0) is 15.8. The maximum absolute atomic E-state index is 13.6. The van der Waals surface area contributed by atoms with Gasteiger partial charge in [0.15, 0.2) is 5.96 Å². The molecule has 22 heavy (non-hydrogen) atoms. The first kappa shape index (κ1) is 15.9. The van der Waals surface area contributed by atoms with Crippen molar-refractivity contribution in [1.82, 2.24) is 15.6 Å². The first-order valence-corrected chi connectivity index (χ1v) is 7.37. The molecule has 0 aliphatic rings. The summed E-state index contributed by atoms with van der Waals surface area (Å²) in [5.74, 6) is 0.413. The second-order valence-corrected chi connectivity index (χ2v) is 4.91. The smallest absolute Gasteiger partial charge is 0.191 e. The third-order valence-corrected chi connectivity index (χ3v) is 3.09. The molecule has 2 N–H and O–H groups in total. The van der Waals surface area contributed by atoms with Crippen LogP contribution in [0.3, 0.4) is 0 Å². The molecule has 1 aromatic carbocycles. The van der Waals surface area contributed by atoms with Crippen molar-refractivity contribution >= 4 is 5.96 Å². The van der Waals surface area contributed by atoms with Gasteiger partial charge < -0.3 is 10.6 Å². The molecule has 0 spiro atoms. The molecule has 0 aliphatic carbocycles. The fourth-order valence-electron chi connectivity index (χ4n) is 2.00. The van der Waals surface area contributed by atoms with E-state index in [-0.39, 0.29) is 5.82 Å². The van der Waals surface area contributed by atoms with Crippen LogP contribution in [0, 0.1) is 12.7 Å². The number of aromatic nitrogens is 1. The molecular formula is C17H21FN4. The fourth-order valence-corrected chi connectivity index (χ4v) is 2.00. The van der Waals surface area contributed by atoms with E-state index in [1.165, 1.54) is 6.07 Å². The molecule has 0 bridgehead atoms. The number of hydrogen-bond acceptors (Lipinski definition) is 2. The van der Waals surface area contributed by atoms with Gasteiger partial charge in [0.05, 0.1) is 18.8 Å². The molecule has 1 heterocycles. The van der Waals surface area contributed by atoms with Crippen molar-refractivity contribution in [1.29, 1.82) is 0 Å². The van der Waals surface area contributed by atoms with E-state index >= 15 is 0 Å². The van der Waals surface area contributed by atoms with Gasteiger partial charge in [-0.15, -0.1) is 0 Å². The van der Waals surface area contributed by atoms with Gasteiger partial charge in [-0.1, -0.05) is 24.3 Å². The van der Waals surface area contributed by atoms with Gasteiger partial charge >= 0.3 is 0 Å². The summed E-state index contributed by atoms with van der Waals surface area (Å²) in [6.45, 7) is 5.56. The zero-order valence-electron chi connectivity index (χ0n) is 12.9. The van der Waals surface area contributed by atoms with Crippen LogP contribution in [0.15, 0.2) is 47.5 Å². The number of nitrogens with one attached hydrogen (secondary N) is 2. The second kappa shape index (κ2) is 8.12. The lowest BCUT2D eigenvalue weighted by Crippen LogP contribution is -2.37. The number of rotatable bonds is 5. The Morgan fingerprint density at radius 3 is 2.68 bits per heavy atom. The lowest BCUT2D eigenvalue weighted by molar-refractivity contribution is 0.610. The summed E-state index contributed by atoms with van der Waals surface area (Å²) in [6, 6.07) is 12.6. The van der Waals surface area contributed by atoms with E-state index in [2.05, 4.69) is 20.6 Å². The van der Waals surface area contributed by atoms with Crippen LogP contribution >= 0.6 is 0 Å². The van der Waals surface area contributed by atoms with Gasteiger partial charge in [-0.25, -0.2) is 9.38 Å². The van der Waals surface area contributed by atoms with Crippen LogP contribution in [0.25, 0.3) is 0 Å². The molecule has 0 atom stereocenters. The molecular weight excluding hydrogens is 279 g/mol. The summed E-state index contributed by atoms with van der Waals surface area (Å²) in [7, 11) is 0. The average Bonchev–Trinajstić information content (AvgIpc) is 2.51. The molecule has 2 rings (SSSR count). The number of guanidine groups is 1. The molecule has 2 aromatic rings. The molecule has 4 nitrogen and oxygen atoms in total. The van der Waals surface area contributed by atoms with Crippen LogP contribution in [0.5, 0.6) is 0 Å². The largest absolute Gasteiger partial charge is 0.357 e. The summed E-state index contributed by atoms with van der Waals surface area (Å²) in [5.41, 5.74) is 2.50. The number of aliphatic imine (C=N–C) groups is 1. The molecule has 0 aliphatic heterocycles. The Labute approximate surface area is 130 Å². The first-order chi connectivity index (χ1) is 10.7. The number of nitrogens with zero attached hydrogens (tertiary/aromatic N) is 2. The number of benzene rings is 1. The quantitative estimate of drug-likeness (QED) is 0.659. The minimum atomic E-state index is -0.234. The van der Waals surface area contributed by atoms with Gasteiger partial charge in [-0.2, -0.15) is 0 Å². The molecule has 1 aromatic heterocycles. The number of halogens is 1.